The Bertz CT molecular complexity index is 693. The van der Waals surface area contributed by atoms with E-state index in [4.69, 9.17) is 25.3 Å². The molecule has 0 aromatic rings. The second-order valence-corrected chi connectivity index (χ2v) is 15.8. The molecule has 260 valence electrons. The number of aliphatic hydroxyl groups is 8. The largest absolute Gasteiger partial charge is 0.389 e. The van der Waals surface area contributed by atoms with Crippen molar-refractivity contribution in [3.05, 3.63) is 0 Å². The van der Waals surface area contributed by atoms with Gasteiger partial charge in [0, 0.05) is 22.0 Å². The van der Waals surface area contributed by atoms with Crippen molar-refractivity contribution in [3.8, 4) is 0 Å². The van der Waals surface area contributed by atoms with E-state index < -0.39 is 66.8 Å². The van der Waals surface area contributed by atoms with Gasteiger partial charge < -0.3 is 40.9 Å². The van der Waals surface area contributed by atoms with Crippen LogP contribution in [-0.2, 0) is 0 Å². The number of aliphatic hydroxyl groups excluding tert-OH is 4. The van der Waals surface area contributed by atoms with E-state index in [0.717, 1.165) is 11.8 Å². The van der Waals surface area contributed by atoms with Crippen molar-refractivity contribution in [2.45, 2.75) is 174 Å². The average Bonchev–Trinajstić information content (AvgIpc) is 3.04. The van der Waals surface area contributed by atoms with Gasteiger partial charge in [0.05, 0.1) is 31.9 Å². The average molecular weight is 711 g/mol. The van der Waals surface area contributed by atoms with Crippen molar-refractivity contribution < 1.29 is 40.9 Å². The second kappa shape index (κ2) is 17.7. The minimum Gasteiger partial charge on any atom is -0.389 e. The van der Waals surface area contributed by atoms with E-state index in [1.807, 2.05) is 0 Å². The fraction of sp³-hybridized carbons (Fsp3) is 1.00. The van der Waals surface area contributed by atoms with E-state index in [-0.39, 0.29) is 62.9 Å². The van der Waals surface area contributed by atoms with E-state index in [9.17, 15) is 40.9 Å². The third-order valence-corrected chi connectivity index (χ3v) is 15.3. The molecule has 6 atom stereocenters. The van der Waals surface area contributed by atoms with Crippen molar-refractivity contribution in [2.24, 2.45) is 0 Å². The highest BCUT2D eigenvalue weighted by molar-refractivity contribution is 8.03. The molecule has 0 aromatic carbocycles. The fourth-order valence-electron chi connectivity index (χ4n) is 6.07. The van der Waals surface area contributed by atoms with E-state index in [2.05, 4.69) is 25.3 Å². The summed E-state index contributed by atoms with van der Waals surface area (Å²) in [5.74, 6) is -0.0411. The van der Waals surface area contributed by atoms with Gasteiger partial charge in [-0.15, -0.1) is 0 Å². The van der Waals surface area contributed by atoms with Gasteiger partial charge in [0.25, 0.3) is 0 Å². The minimum atomic E-state index is -1.88. The summed E-state index contributed by atoms with van der Waals surface area (Å²) in [4.78, 5) is 0. The van der Waals surface area contributed by atoms with Gasteiger partial charge in [-0.25, -0.2) is 0 Å². The summed E-state index contributed by atoms with van der Waals surface area (Å²) in [5, 5.41) is 91.6. The van der Waals surface area contributed by atoms with Crippen LogP contribution in [0.2, 0.25) is 0 Å². The van der Waals surface area contributed by atoms with Gasteiger partial charge in [-0.3, -0.25) is 0 Å². The molecule has 0 fully saturated rings. The van der Waals surface area contributed by atoms with Crippen LogP contribution in [0, 0.1) is 0 Å². The lowest BCUT2D eigenvalue weighted by Gasteiger charge is -2.55. The van der Waals surface area contributed by atoms with E-state index in [1.54, 1.807) is 55.4 Å². The van der Waals surface area contributed by atoms with Crippen LogP contribution >= 0.6 is 62.3 Å². The molecule has 0 amide bonds. The molecule has 8 N–H and O–H groups in total. The zero-order chi connectivity index (χ0) is 34.2. The first kappa shape index (κ1) is 44.4. The molecule has 0 saturated carbocycles. The van der Waals surface area contributed by atoms with Crippen molar-refractivity contribution >= 4 is 62.3 Å². The van der Waals surface area contributed by atoms with Crippen molar-refractivity contribution in [3.63, 3.8) is 0 Å². The summed E-state index contributed by atoms with van der Waals surface area (Å²) in [6.07, 6.45) is -5.58. The Morgan fingerprint density at radius 3 is 0.721 bits per heavy atom. The van der Waals surface area contributed by atoms with Gasteiger partial charge in [-0.2, -0.15) is 62.3 Å². The Balaban J connectivity index is 7.58. The summed E-state index contributed by atoms with van der Waals surface area (Å²) >= 11 is 20.1. The Morgan fingerprint density at radius 1 is 0.442 bits per heavy atom. The summed E-state index contributed by atoms with van der Waals surface area (Å²) in [5.41, 5.74) is -6.74. The summed E-state index contributed by atoms with van der Waals surface area (Å²) in [7, 11) is 0. The highest BCUT2D eigenvalue weighted by Gasteiger charge is 2.63. The normalized spacial score (nSPS) is 20.9. The van der Waals surface area contributed by atoms with Gasteiger partial charge in [-0.05, 0) is 51.4 Å². The van der Waals surface area contributed by atoms with Crippen LogP contribution in [-0.4, -0.2) is 119 Å². The molecule has 0 aliphatic rings. The lowest BCUT2D eigenvalue weighted by molar-refractivity contribution is -0.156. The Kier molecular flexibility index (Phi) is 18.3. The molecular formula is C30H62O8S5. The smallest absolute Gasteiger partial charge is 0.101 e. The predicted octanol–water partition coefficient (Wildman–Crippen LogP) is 3.30. The Hall–Kier alpha value is 1.43. The Morgan fingerprint density at radius 2 is 0.605 bits per heavy atom. The maximum Gasteiger partial charge on any atom is 0.101 e. The van der Waals surface area contributed by atoms with Crippen LogP contribution in [0.25, 0.3) is 0 Å². The minimum absolute atomic E-state index is 0.0206. The number of rotatable bonds is 22. The SMILES string of the molecule is CCC(O)(CC)C(O)C(S)(C(CS)SC(CS)C(S)(C(O)C(O)(CC)CC)C(O)C(O)(CC)CC)C(O)C(O)(CC)CC. The molecule has 0 aromatic heterocycles. The van der Waals surface area contributed by atoms with Gasteiger partial charge in [0.15, 0.2) is 0 Å². The maximum absolute atomic E-state index is 11.9. The topological polar surface area (TPSA) is 162 Å². The standard InChI is InChI=1S/C30H62O8S5/c1-9-25(35,10-2)21(31)29(41,22(32)26(36,11-3)12-4)19(17-39)43-20(18-40)30(42,23(33)27(37,13-5)14-6)24(34)28(38,15-7)16-8/h19-24,31-42H,9-18H2,1-8H3. The van der Waals surface area contributed by atoms with Gasteiger partial charge >= 0.3 is 0 Å². The van der Waals surface area contributed by atoms with Crippen molar-refractivity contribution in [1.29, 1.82) is 0 Å². The van der Waals surface area contributed by atoms with Crippen LogP contribution in [0.1, 0.15) is 107 Å². The fourth-order valence-corrected chi connectivity index (χ4v) is 10.5. The lowest BCUT2D eigenvalue weighted by atomic mass is 9.72. The van der Waals surface area contributed by atoms with Gasteiger partial charge in [0.1, 0.15) is 24.4 Å². The number of thiol groups is 4. The molecule has 6 unspecified atom stereocenters. The molecule has 0 saturated heterocycles. The third kappa shape index (κ3) is 8.54. The molecule has 0 heterocycles. The molecule has 13 heteroatoms. The first-order valence-corrected chi connectivity index (χ1v) is 18.8. The molecule has 0 aliphatic carbocycles. The molecule has 0 spiro atoms. The molecule has 8 nitrogen and oxygen atoms in total. The molecule has 0 radical (unpaired) electrons. The number of hydrogen-bond donors (Lipinski definition) is 12. The lowest BCUT2D eigenvalue weighted by Crippen LogP contribution is -2.71. The maximum atomic E-state index is 11.9. The zero-order valence-electron chi connectivity index (χ0n) is 27.3. The highest BCUT2D eigenvalue weighted by Crippen LogP contribution is 2.52. The van der Waals surface area contributed by atoms with Crippen LogP contribution in [0.15, 0.2) is 0 Å². The van der Waals surface area contributed by atoms with Crippen LogP contribution in [0.4, 0.5) is 0 Å². The van der Waals surface area contributed by atoms with E-state index in [0.29, 0.717) is 0 Å². The van der Waals surface area contributed by atoms with Crippen molar-refractivity contribution in [1.82, 2.24) is 0 Å². The van der Waals surface area contributed by atoms with Crippen molar-refractivity contribution in [2.75, 3.05) is 11.5 Å². The van der Waals surface area contributed by atoms with Crippen LogP contribution in [0.3, 0.4) is 0 Å². The molecule has 43 heavy (non-hydrogen) atoms. The predicted molar refractivity (Wildman–Crippen MR) is 192 cm³/mol. The van der Waals surface area contributed by atoms with Gasteiger partial charge in [-0.1, -0.05) is 55.4 Å². The third-order valence-electron chi connectivity index (χ3n) is 10.4. The monoisotopic (exact) mass is 710 g/mol. The zero-order valence-corrected chi connectivity index (χ0v) is 31.7. The van der Waals surface area contributed by atoms with E-state index in [1.165, 1.54) is 0 Å². The summed E-state index contributed by atoms with van der Waals surface area (Å²) in [6.45, 7) is 13.6. The van der Waals surface area contributed by atoms with E-state index >= 15 is 0 Å². The Labute approximate surface area is 286 Å². The molecule has 0 bridgehead atoms. The quantitative estimate of drug-likeness (QED) is 0.0757. The number of hydrogen-bond acceptors (Lipinski definition) is 13. The first-order chi connectivity index (χ1) is 19.7. The highest BCUT2D eigenvalue weighted by atomic mass is 32.2. The summed E-state index contributed by atoms with van der Waals surface area (Å²) < 4.78 is -3.76. The molecular weight excluding hydrogens is 649 g/mol. The van der Waals surface area contributed by atoms with Crippen LogP contribution < -0.4 is 0 Å². The second-order valence-electron chi connectivity index (χ2n) is 12.1. The number of thioether (sulfide) groups is 1. The van der Waals surface area contributed by atoms with Crippen LogP contribution in [0.5, 0.6) is 0 Å². The first-order valence-electron chi connectivity index (χ1n) is 15.7. The summed E-state index contributed by atoms with van der Waals surface area (Å²) in [6, 6.07) is 0. The van der Waals surface area contributed by atoms with Gasteiger partial charge in [0.2, 0.25) is 0 Å². The molecule has 0 aliphatic heterocycles. The molecule has 0 rings (SSSR count).